The quantitative estimate of drug-likeness (QED) is 0.894. The fraction of sp³-hybridized carbons (Fsp3) is 0. The summed E-state index contributed by atoms with van der Waals surface area (Å²) in [6.07, 6.45) is 2.68. The van der Waals surface area contributed by atoms with Crippen molar-refractivity contribution in [3.8, 4) is 11.1 Å². The molecule has 1 N–H and O–H groups in total. The molecule has 2 rings (SSSR count). The van der Waals surface area contributed by atoms with Crippen LogP contribution < -0.4 is 0 Å². The maximum atomic E-state index is 11.2. The van der Waals surface area contributed by atoms with Crippen molar-refractivity contribution in [3.05, 3.63) is 51.2 Å². The zero-order valence-electron chi connectivity index (χ0n) is 8.82. The number of halogens is 3. The van der Waals surface area contributed by atoms with Gasteiger partial charge in [-0.3, -0.25) is 4.98 Å². The molecular formula is C12H6Cl3NO2. The molecule has 3 nitrogen and oxygen atoms in total. The largest absolute Gasteiger partial charge is 0.478 e. The van der Waals surface area contributed by atoms with E-state index in [1.54, 1.807) is 12.1 Å². The average molecular weight is 303 g/mol. The lowest BCUT2D eigenvalue weighted by atomic mass is 10.0. The van der Waals surface area contributed by atoms with E-state index in [2.05, 4.69) is 4.98 Å². The van der Waals surface area contributed by atoms with E-state index in [0.717, 1.165) is 0 Å². The highest BCUT2D eigenvalue weighted by atomic mass is 35.5. The Hall–Kier alpha value is -1.29. The average Bonchev–Trinajstić information content (AvgIpc) is 2.28. The summed E-state index contributed by atoms with van der Waals surface area (Å²) >= 11 is 17.7. The van der Waals surface area contributed by atoms with Gasteiger partial charge in [-0.1, -0.05) is 40.9 Å². The minimum absolute atomic E-state index is 0.0316. The van der Waals surface area contributed by atoms with Crippen molar-refractivity contribution in [2.75, 3.05) is 0 Å². The highest BCUT2D eigenvalue weighted by Gasteiger charge is 2.18. The summed E-state index contributed by atoms with van der Waals surface area (Å²) in [5, 5.41) is 10.0. The van der Waals surface area contributed by atoms with Crippen molar-refractivity contribution < 1.29 is 9.90 Å². The number of hydrogen-bond donors (Lipinski definition) is 1. The van der Waals surface area contributed by atoms with Crippen LogP contribution in [0.5, 0.6) is 0 Å². The Morgan fingerprint density at radius 1 is 1.06 bits per heavy atom. The van der Waals surface area contributed by atoms with E-state index in [1.165, 1.54) is 18.5 Å². The molecule has 2 aromatic rings. The normalized spacial score (nSPS) is 10.4. The van der Waals surface area contributed by atoms with E-state index in [9.17, 15) is 9.90 Å². The van der Waals surface area contributed by atoms with Gasteiger partial charge in [-0.2, -0.15) is 0 Å². The molecule has 0 amide bonds. The van der Waals surface area contributed by atoms with Crippen LogP contribution in [0.3, 0.4) is 0 Å². The minimum atomic E-state index is -1.14. The fourth-order valence-corrected chi connectivity index (χ4v) is 2.31. The Kier molecular flexibility index (Phi) is 3.76. The summed E-state index contributed by atoms with van der Waals surface area (Å²) in [5.74, 6) is -1.14. The number of carboxylic acid groups (broad SMARTS) is 1. The van der Waals surface area contributed by atoms with E-state index in [1.807, 2.05) is 0 Å². The van der Waals surface area contributed by atoms with Crippen LogP contribution in [-0.4, -0.2) is 16.1 Å². The molecule has 0 radical (unpaired) electrons. The number of carboxylic acids is 1. The third-order valence-electron chi connectivity index (χ3n) is 2.33. The van der Waals surface area contributed by atoms with Crippen LogP contribution in [0.1, 0.15) is 10.4 Å². The molecule has 0 spiro atoms. The number of nitrogens with zero attached hydrogens (tertiary/aromatic N) is 1. The third kappa shape index (κ3) is 2.43. The lowest BCUT2D eigenvalue weighted by Crippen LogP contribution is -2.02. The van der Waals surface area contributed by atoms with Crippen LogP contribution in [0, 0.1) is 0 Å². The number of aromatic carboxylic acids is 1. The monoisotopic (exact) mass is 301 g/mol. The number of benzene rings is 1. The third-order valence-corrected chi connectivity index (χ3v) is 3.17. The highest BCUT2D eigenvalue weighted by molar-refractivity contribution is 6.37. The van der Waals surface area contributed by atoms with E-state index in [-0.39, 0.29) is 10.6 Å². The van der Waals surface area contributed by atoms with Crippen LogP contribution >= 0.6 is 34.8 Å². The lowest BCUT2D eigenvalue weighted by Gasteiger charge is -2.09. The number of aromatic nitrogens is 1. The summed E-state index contributed by atoms with van der Waals surface area (Å²) in [6, 6.07) is 4.78. The Morgan fingerprint density at radius 3 is 2.39 bits per heavy atom. The predicted molar refractivity (Wildman–Crippen MR) is 71.7 cm³/mol. The van der Waals surface area contributed by atoms with E-state index in [4.69, 9.17) is 34.8 Å². The Labute approximate surface area is 118 Å². The second kappa shape index (κ2) is 5.14. The van der Waals surface area contributed by atoms with Crippen LogP contribution in [0.4, 0.5) is 0 Å². The zero-order valence-corrected chi connectivity index (χ0v) is 11.1. The fourth-order valence-electron chi connectivity index (χ4n) is 1.56. The molecule has 0 aliphatic rings. The van der Waals surface area contributed by atoms with Crippen LogP contribution in [-0.2, 0) is 0 Å². The molecule has 0 saturated heterocycles. The number of pyridine rings is 1. The maximum Gasteiger partial charge on any atom is 0.337 e. The van der Waals surface area contributed by atoms with E-state index in [0.29, 0.717) is 21.2 Å². The zero-order chi connectivity index (χ0) is 13.3. The minimum Gasteiger partial charge on any atom is -0.478 e. The van der Waals surface area contributed by atoms with Gasteiger partial charge < -0.3 is 5.11 Å². The summed E-state index contributed by atoms with van der Waals surface area (Å²) in [7, 11) is 0. The van der Waals surface area contributed by atoms with Crippen LogP contribution in [0.15, 0.2) is 30.6 Å². The molecule has 0 unspecified atom stereocenters. The molecule has 0 saturated carbocycles. The molecule has 0 aliphatic carbocycles. The highest BCUT2D eigenvalue weighted by Crippen LogP contribution is 2.34. The van der Waals surface area contributed by atoms with E-state index >= 15 is 0 Å². The van der Waals surface area contributed by atoms with Gasteiger partial charge in [0.15, 0.2) is 0 Å². The molecule has 1 aromatic carbocycles. The predicted octanol–water partition coefficient (Wildman–Crippen LogP) is 4.41. The van der Waals surface area contributed by atoms with Crippen molar-refractivity contribution in [3.63, 3.8) is 0 Å². The van der Waals surface area contributed by atoms with Crippen molar-refractivity contribution in [2.45, 2.75) is 0 Å². The van der Waals surface area contributed by atoms with Crippen molar-refractivity contribution in [1.29, 1.82) is 0 Å². The smallest absolute Gasteiger partial charge is 0.337 e. The molecule has 92 valence electrons. The summed E-state index contributed by atoms with van der Waals surface area (Å²) in [6.45, 7) is 0. The van der Waals surface area contributed by atoms with Gasteiger partial charge in [-0.05, 0) is 12.1 Å². The van der Waals surface area contributed by atoms with Crippen LogP contribution in [0.2, 0.25) is 15.1 Å². The molecule has 0 fully saturated rings. The summed E-state index contributed by atoms with van der Waals surface area (Å²) < 4.78 is 0. The molecular weight excluding hydrogens is 296 g/mol. The number of rotatable bonds is 2. The first-order valence-electron chi connectivity index (χ1n) is 4.83. The molecule has 0 bridgehead atoms. The second-order valence-electron chi connectivity index (χ2n) is 3.47. The van der Waals surface area contributed by atoms with Gasteiger partial charge in [-0.25, -0.2) is 4.79 Å². The molecule has 0 atom stereocenters. The molecule has 18 heavy (non-hydrogen) atoms. The Morgan fingerprint density at radius 2 is 1.78 bits per heavy atom. The van der Waals surface area contributed by atoms with E-state index < -0.39 is 5.97 Å². The summed E-state index contributed by atoms with van der Waals surface area (Å²) in [4.78, 5) is 15.1. The Balaban J connectivity index is 2.71. The van der Waals surface area contributed by atoms with Gasteiger partial charge in [0.25, 0.3) is 0 Å². The first-order chi connectivity index (χ1) is 8.50. The van der Waals surface area contributed by atoms with Gasteiger partial charge in [0, 0.05) is 33.6 Å². The van der Waals surface area contributed by atoms with Crippen molar-refractivity contribution >= 4 is 40.8 Å². The van der Waals surface area contributed by atoms with Crippen molar-refractivity contribution in [1.82, 2.24) is 4.98 Å². The van der Waals surface area contributed by atoms with Crippen molar-refractivity contribution in [2.24, 2.45) is 0 Å². The molecule has 0 aliphatic heterocycles. The standard InChI is InChI=1S/C12H6Cl3NO2/c13-6-1-2-7(9(14)3-6)8-4-16-5-10(15)11(8)12(17)18/h1-5H,(H,17,18). The van der Waals surface area contributed by atoms with Crippen LogP contribution in [0.25, 0.3) is 11.1 Å². The number of carbonyl (C=O) groups is 1. The maximum absolute atomic E-state index is 11.2. The first kappa shape index (κ1) is 13.1. The second-order valence-corrected chi connectivity index (χ2v) is 4.72. The van der Waals surface area contributed by atoms with Gasteiger partial charge in [0.05, 0.1) is 10.6 Å². The first-order valence-corrected chi connectivity index (χ1v) is 5.96. The van der Waals surface area contributed by atoms with Gasteiger partial charge in [0.1, 0.15) is 0 Å². The van der Waals surface area contributed by atoms with Gasteiger partial charge in [-0.15, -0.1) is 0 Å². The van der Waals surface area contributed by atoms with Gasteiger partial charge in [0.2, 0.25) is 0 Å². The topological polar surface area (TPSA) is 50.2 Å². The summed E-state index contributed by atoms with van der Waals surface area (Å²) in [5.41, 5.74) is 0.848. The molecule has 6 heteroatoms. The number of hydrogen-bond acceptors (Lipinski definition) is 2. The molecule has 1 aromatic heterocycles. The lowest BCUT2D eigenvalue weighted by molar-refractivity contribution is 0.0698. The molecule has 1 heterocycles. The Bertz CT molecular complexity index is 629. The SMILES string of the molecule is O=C(O)c1c(Cl)cncc1-c1ccc(Cl)cc1Cl. The van der Waals surface area contributed by atoms with Gasteiger partial charge >= 0.3 is 5.97 Å².